The largest absolute Gasteiger partial charge is 0.490 e. The SMILES string of the molecule is COc1ccc(C(=O)Nc2cc(Cl)ccc2NC(C)=O)cc1[N+](=O)[O-]. The van der Waals surface area contributed by atoms with Crippen LogP contribution in [0, 0.1) is 10.1 Å². The lowest BCUT2D eigenvalue weighted by atomic mass is 10.1. The van der Waals surface area contributed by atoms with Crippen molar-refractivity contribution >= 4 is 40.5 Å². The highest BCUT2D eigenvalue weighted by Gasteiger charge is 2.19. The minimum absolute atomic E-state index is 0.0447. The van der Waals surface area contributed by atoms with Gasteiger partial charge in [-0.15, -0.1) is 0 Å². The molecule has 0 aromatic heterocycles. The van der Waals surface area contributed by atoms with Crippen molar-refractivity contribution in [3.63, 3.8) is 0 Å². The number of nitro groups is 1. The zero-order valence-electron chi connectivity index (χ0n) is 13.3. The average Bonchev–Trinajstić information content (AvgIpc) is 2.56. The normalized spacial score (nSPS) is 10.0. The zero-order chi connectivity index (χ0) is 18.6. The summed E-state index contributed by atoms with van der Waals surface area (Å²) in [6, 6.07) is 8.39. The van der Waals surface area contributed by atoms with Crippen molar-refractivity contribution in [1.82, 2.24) is 0 Å². The van der Waals surface area contributed by atoms with Crippen molar-refractivity contribution < 1.29 is 19.2 Å². The van der Waals surface area contributed by atoms with Crippen molar-refractivity contribution in [3.8, 4) is 5.75 Å². The van der Waals surface area contributed by atoms with Crippen LogP contribution in [-0.4, -0.2) is 23.8 Å². The van der Waals surface area contributed by atoms with E-state index in [1.54, 1.807) is 6.07 Å². The Hall–Kier alpha value is -3.13. The van der Waals surface area contributed by atoms with Crippen LogP contribution >= 0.6 is 11.6 Å². The van der Waals surface area contributed by atoms with E-state index in [-0.39, 0.29) is 28.6 Å². The van der Waals surface area contributed by atoms with Crippen molar-refractivity contribution in [3.05, 3.63) is 57.1 Å². The first-order valence-electron chi connectivity index (χ1n) is 7.02. The number of anilines is 2. The molecule has 0 spiro atoms. The Morgan fingerprint density at radius 3 is 2.44 bits per heavy atom. The smallest absolute Gasteiger partial charge is 0.311 e. The maximum absolute atomic E-state index is 12.4. The van der Waals surface area contributed by atoms with Crippen molar-refractivity contribution in [1.29, 1.82) is 0 Å². The predicted octanol–water partition coefficient (Wildman–Crippen LogP) is 3.47. The summed E-state index contributed by atoms with van der Waals surface area (Å²) in [5, 5.41) is 16.6. The molecule has 130 valence electrons. The molecule has 9 heteroatoms. The van der Waals surface area contributed by atoms with Gasteiger partial charge in [0.05, 0.1) is 23.4 Å². The first-order valence-corrected chi connectivity index (χ1v) is 7.40. The molecule has 25 heavy (non-hydrogen) atoms. The molecule has 0 fully saturated rings. The van der Waals surface area contributed by atoms with Crippen LogP contribution < -0.4 is 15.4 Å². The fourth-order valence-corrected chi connectivity index (χ4v) is 2.26. The fraction of sp³-hybridized carbons (Fsp3) is 0.125. The van der Waals surface area contributed by atoms with Gasteiger partial charge in [0, 0.05) is 23.6 Å². The second kappa shape index (κ2) is 7.63. The molecule has 2 N–H and O–H groups in total. The molecule has 0 unspecified atom stereocenters. The monoisotopic (exact) mass is 363 g/mol. The zero-order valence-corrected chi connectivity index (χ0v) is 14.1. The average molecular weight is 364 g/mol. The van der Waals surface area contributed by atoms with Gasteiger partial charge in [0.25, 0.3) is 5.91 Å². The van der Waals surface area contributed by atoms with Crippen LogP contribution in [0.25, 0.3) is 0 Å². The van der Waals surface area contributed by atoms with E-state index in [1.165, 1.54) is 38.3 Å². The van der Waals surface area contributed by atoms with Gasteiger partial charge in [-0.25, -0.2) is 0 Å². The molecule has 0 atom stereocenters. The number of hydrogen-bond acceptors (Lipinski definition) is 5. The number of nitrogens with zero attached hydrogens (tertiary/aromatic N) is 1. The number of halogens is 1. The summed E-state index contributed by atoms with van der Waals surface area (Å²) >= 11 is 5.92. The summed E-state index contributed by atoms with van der Waals surface area (Å²) < 4.78 is 4.90. The molecule has 0 heterocycles. The Morgan fingerprint density at radius 1 is 1.12 bits per heavy atom. The second-order valence-corrected chi connectivity index (χ2v) is 5.41. The highest BCUT2D eigenvalue weighted by Crippen LogP contribution is 2.29. The van der Waals surface area contributed by atoms with Gasteiger partial charge in [0.2, 0.25) is 5.91 Å². The van der Waals surface area contributed by atoms with E-state index in [4.69, 9.17) is 16.3 Å². The Balaban J connectivity index is 2.34. The van der Waals surface area contributed by atoms with Gasteiger partial charge in [-0.05, 0) is 30.3 Å². The molecule has 2 aromatic carbocycles. The summed E-state index contributed by atoms with van der Waals surface area (Å²) in [4.78, 5) is 34.1. The molecule has 8 nitrogen and oxygen atoms in total. The predicted molar refractivity (Wildman–Crippen MR) is 93.4 cm³/mol. The molecular weight excluding hydrogens is 350 g/mol. The number of nitrogens with one attached hydrogen (secondary N) is 2. The number of hydrogen-bond donors (Lipinski definition) is 2. The first kappa shape index (κ1) is 18.2. The number of methoxy groups -OCH3 is 1. The lowest BCUT2D eigenvalue weighted by molar-refractivity contribution is -0.385. The van der Waals surface area contributed by atoms with E-state index in [0.29, 0.717) is 10.7 Å². The summed E-state index contributed by atoms with van der Waals surface area (Å²) in [6.07, 6.45) is 0. The third kappa shape index (κ3) is 4.45. The number of carbonyl (C=O) groups excluding carboxylic acids is 2. The van der Waals surface area contributed by atoms with Gasteiger partial charge in [0.1, 0.15) is 0 Å². The summed E-state index contributed by atoms with van der Waals surface area (Å²) in [6.45, 7) is 1.33. The Labute approximate surface area is 147 Å². The van der Waals surface area contributed by atoms with Crippen molar-refractivity contribution in [2.45, 2.75) is 6.92 Å². The third-order valence-corrected chi connectivity index (χ3v) is 3.41. The molecule has 0 aliphatic carbocycles. The summed E-state index contributed by atoms with van der Waals surface area (Å²) in [7, 11) is 1.30. The second-order valence-electron chi connectivity index (χ2n) is 4.97. The molecule has 2 rings (SSSR count). The minimum atomic E-state index is -0.641. The molecule has 0 bridgehead atoms. The Bertz CT molecular complexity index is 854. The van der Waals surface area contributed by atoms with Crippen LogP contribution in [0.4, 0.5) is 17.1 Å². The molecule has 0 aliphatic heterocycles. The minimum Gasteiger partial charge on any atom is -0.490 e. The standard InChI is InChI=1S/C16H14ClN3O5/c1-9(21)18-12-5-4-11(17)8-13(12)19-16(22)10-3-6-15(25-2)14(7-10)20(23)24/h3-8H,1-2H3,(H,18,21)(H,19,22). The Kier molecular flexibility index (Phi) is 5.56. The maximum Gasteiger partial charge on any atom is 0.311 e. The van der Waals surface area contributed by atoms with Crippen LogP contribution in [0.2, 0.25) is 5.02 Å². The number of carbonyl (C=O) groups is 2. The number of nitro benzene ring substituents is 1. The van der Waals surface area contributed by atoms with E-state index in [9.17, 15) is 19.7 Å². The highest BCUT2D eigenvalue weighted by molar-refractivity contribution is 6.31. The van der Waals surface area contributed by atoms with Crippen LogP contribution in [0.1, 0.15) is 17.3 Å². The van der Waals surface area contributed by atoms with Gasteiger partial charge in [-0.3, -0.25) is 19.7 Å². The van der Waals surface area contributed by atoms with Gasteiger partial charge < -0.3 is 15.4 Å². The van der Waals surface area contributed by atoms with Crippen LogP contribution in [0.5, 0.6) is 5.75 Å². The number of amides is 2. The van der Waals surface area contributed by atoms with Crippen LogP contribution in [-0.2, 0) is 4.79 Å². The summed E-state index contributed by atoms with van der Waals surface area (Å²) in [5.41, 5.74) is 0.351. The van der Waals surface area contributed by atoms with Crippen LogP contribution in [0.15, 0.2) is 36.4 Å². The van der Waals surface area contributed by atoms with E-state index in [1.807, 2.05) is 0 Å². The van der Waals surface area contributed by atoms with Gasteiger partial charge in [0.15, 0.2) is 5.75 Å². The van der Waals surface area contributed by atoms with E-state index in [2.05, 4.69) is 10.6 Å². The number of benzene rings is 2. The molecule has 0 aliphatic rings. The fourth-order valence-electron chi connectivity index (χ4n) is 2.09. The van der Waals surface area contributed by atoms with E-state index >= 15 is 0 Å². The highest BCUT2D eigenvalue weighted by atomic mass is 35.5. The maximum atomic E-state index is 12.4. The molecule has 0 radical (unpaired) electrons. The summed E-state index contributed by atoms with van der Waals surface area (Å²) in [5.74, 6) is -0.874. The van der Waals surface area contributed by atoms with Gasteiger partial charge >= 0.3 is 5.69 Å². The lowest BCUT2D eigenvalue weighted by Gasteiger charge is -2.12. The van der Waals surface area contributed by atoms with E-state index in [0.717, 1.165) is 6.07 Å². The van der Waals surface area contributed by atoms with Gasteiger partial charge in [-0.1, -0.05) is 11.6 Å². The quantitative estimate of drug-likeness (QED) is 0.624. The van der Waals surface area contributed by atoms with Crippen LogP contribution in [0.3, 0.4) is 0 Å². The number of ether oxygens (including phenoxy) is 1. The Morgan fingerprint density at radius 2 is 1.84 bits per heavy atom. The first-order chi connectivity index (χ1) is 11.8. The molecule has 0 saturated carbocycles. The molecule has 2 aromatic rings. The topological polar surface area (TPSA) is 111 Å². The number of rotatable bonds is 5. The molecular formula is C16H14ClN3O5. The lowest BCUT2D eigenvalue weighted by Crippen LogP contribution is -2.15. The van der Waals surface area contributed by atoms with Gasteiger partial charge in [-0.2, -0.15) is 0 Å². The molecule has 0 saturated heterocycles. The van der Waals surface area contributed by atoms with E-state index < -0.39 is 10.8 Å². The van der Waals surface area contributed by atoms with Crippen molar-refractivity contribution in [2.24, 2.45) is 0 Å². The molecule has 2 amide bonds. The third-order valence-electron chi connectivity index (χ3n) is 3.18. The van der Waals surface area contributed by atoms with Crippen molar-refractivity contribution in [2.75, 3.05) is 17.7 Å².